The minimum absolute atomic E-state index is 0. The lowest BCUT2D eigenvalue weighted by Gasteiger charge is -2.32. The molecular formula is C23H39IN4O2S. The van der Waals surface area contributed by atoms with Gasteiger partial charge in [0.1, 0.15) is 0 Å². The number of ether oxygens (including phenoxy) is 1. The van der Waals surface area contributed by atoms with Crippen LogP contribution in [0, 0.1) is 0 Å². The second-order valence-electron chi connectivity index (χ2n) is 8.33. The highest BCUT2D eigenvalue weighted by molar-refractivity contribution is 14.0. The van der Waals surface area contributed by atoms with Crippen LogP contribution >= 0.6 is 35.7 Å². The molecule has 0 aliphatic carbocycles. The van der Waals surface area contributed by atoms with Gasteiger partial charge in [0, 0.05) is 45.1 Å². The first-order valence-corrected chi connectivity index (χ1v) is 12.5. The average molecular weight is 563 g/mol. The van der Waals surface area contributed by atoms with Gasteiger partial charge in [-0.05, 0) is 43.9 Å². The van der Waals surface area contributed by atoms with Gasteiger partial charge in [0.15, 0.2) is 5.96 Å². The fraction of sp³-hybridized carbons (Fsp3) is 0.696. The summed E-state index contributed by atoms with van der Waals surface area (Å²) in [5, 5.41) is 17.1. The highest BCUT2D eigenvalue weighted by atomic mass is 127. The molecule has 3 N–H and O–H groups in total. The number of rotatable bonds is 10. The second-order valence-corrected chi connectivity index (χ2v) is 9.44. The Morgan fingerprint density at radius 3 is 2.71 bits per heavy atom. The molecular weight excluding hydrogens is 523 g/mol. The van der Waals surface area contributed by atoms with Gasteiger partial charge in [0.2, 0.25) is 0 Å². The third-order valence-corrected chi connectivity index (χ3v) is 6.94. The van der Waals surface area contributed by atoms with E-state index in [1.165, 1.54) is 5.56 Å². The van der Waals surface area contributed by atoms with E-state index in [-0.39, 0.29) is 24.0 Å². The van der Waals surface area contributed by atoms with Crippen molar-refractivity contribution in [3.8, 4) is 0 Å². The molecule has 1 unspecified atom stereocenters. The normalized spacial score (nSPS) is 22.8. The molecule has 3 rings (SSSR count). The van der Waals surface area contributed by atoms with E-state index in [0.29, 0.717) is 12.6 Å². The van der Waals surface area contributed by atoms with Crippen molar-refractivity contribution in [2.24, 2.45) is 4.99 Å². The summed E-state index contributed by atoms with van der Waals surface area (Å²) < 4.78 is 6.11. The van der Waals surface area contributed by atoms with E-state index in [9.17, 15) is 5.11 Å². The van der Waals surface area contributed by atoms with E-state index in [1.807, 2.05) is 0 Å². The molecule has 0 saturated carbocycles. The first-order chi connectivity index (χ1) is 14.7. The number of hydrogen-bond donors (Lipinski definition) is 3. The zero-order valence-corrected chi connectivity index (χ0v) is 21.9. The van der Waals surface area contributed by atoms with Crippen molar-refractivity contribution >= 4 is 41.7 Å². The van der Waals surface area contributed by atoms with Gasteiger partial charge in [-0.15, -0.1) is 24.0 Å². The molecule has 1 aromatic rings. The summed E-state index contributed by atoms with van der Waals surface area (Å²) in [5.74, 6) is 2.60. The lowest BCUT2D eigenvalue weighted by molar-refractivity contribution is 0.00533. The molecule has 2 fully saturated rings. The van der Waals surface area contributed by atoms with Crippen LogP contribution in [0.4, 0.5) is 0 Å². The van der Waals surface area contributed by atoms with Crippen LogP contribution < -0.4 is 10.6 Å². The van der Waals surface area contributed by atoms with Crippen molar-refractivity contribution in [1.82, 2.24) is 15.5 Å². The summed E-state index contributed by atoms with van der Waals surface area (Å²) in [7, 11) is 0. The van der Waals surface area contributed by atoms with Crippen molar-refractivity contribution in [3.63, 3.8) is 0 Å². The number of nitrogens with zero attached hydrogens (tertiary/aromatic N) is 2. The van der Waals surface area contributed by atoms with Gasteiger partial charge in [-0.25, -0.2) is 0 Å². The summed E-state index contributed by atoms with van der Waals surface area (Å²) in [6, 6.07) is 10.7. The largest absolute Gasteiger partial charge is 0.387 e. The predicted octanol–water partition coefficient (Wildman–Crippen LogP) is 3.10. The third-order valence-electron chi connectivity index (χ3n) is 5.71. The Hall–Kier alpha value is -0.550. The first-order valence-electron chi connectivity index (χ1n) is 11.4. The maximum absolute atomic E-state index is 10.5. The molecule has 6 nitrogen and oxygen atoms in total. The van der Waals surface area contributed by atoms with Gasteiger partial charge in [-0.1, -0.05) is 30.3 Å². The number of likely N-dealkylation sites (tertiary alicyclic amines) is 1. The van der Waals surface area contributed by atoms with Gasteiger partial charge in [0.25, 0.3) is 0 Å². The van der Waals surface area contributed by atoms with Crippen LogP contribution in [0.3, 0.4) is 0 Å². The smallest absolute Gasteiger partial charge is 0.191 e. The number of halogens is 1. The molecule has 8 heteroatoms. The van der Waals surface area contributed by atoms with Crippen molar-refractivity contribution in [2.75, 3.05) is 50.8 Å². The van der Waals surface area contributed by atoms with Crippen molar-refractivity contribution in [2.45, 2.75) is 50.9 Å². The molecule has 31 heavy (non-hydrogen) atoms. The van der Waals surface area contributed by atoms with E-state index in [4.69, 9.17) is 4.74 Å². The lowest BCUT2D eigenvalue weighted by Crippen LogP contribution is -2.41. The van der Waals surface area contributed by atoms with E-state index >= 15 is 0 Å². The quantitative estimate of drug-likeness (QED) is 0.176. The zero-order chi connectivity index (χ0) is 21.1. The van der Waals surface area contributed by atoms with E-state index in [0.717, 1.165) is 82.5 Å². The molecule has 2 aliphatic rings. The molecule has 0 bridgehead atoms. The monoisotopic (exact) mass is 562 g/mol. The van der Waals surface area contributed by atoms with Crippen LogP contribution in [0.1, 0.15) is 38.2 Å². The number of aliphatic imine (C=N–C) groups is 1. The van der Waals surface area contributed by atoms with Gasteiger partial charge in [-0.3, -0.25) is 9.89 Å². The van der Waals surface area contributed by atoms with Crippen LogP contribution in [-0.2, 0) is 11.3 Å². The molecule has 2 saturated heterocycles. The Labute approximate surface area is 209 Å². The number of guanidine groups is 1. The van der Waals surface area contributed by atoms with Crippen molar-refractivity contribution in [3.05, 3.63) is 35.9 Å². The molecule has 176 valence electrons. The number of piperidine rings is 1. The molecule has 1 aromatic carbocycles. The molecule has 0 aromatic heterocycles. The topological polar surface area (TPSA) is 69.1 Å². The summed E-state index contributed by atoms with van der Waals surface area (Å²) in [6.45, 7) is 8.20. The number of hydrogen-bond acceptors (Lipinski definition) is 5. The van der Waals surface area contributed by atoms with E-state index in [1.54, 1.807) is 11.8 Å². The number of thioether (sulfide) groups is 1. The molecule has 0 amide bonds. The summed E-state index contributed by atoms with van der Waals surface area (Å²) >= 11 is 1.80. The summed E-state index contributed by atoms with van der Waals surface area (Å²) in [4.78, 5) is 7.10. The van der Waals surface area contributed by atoms with Crippen LogP contribution in [0.2, 0.25) is 0 Å². The first kappa shape index (κ1) is 26.7. The fourth-order valence-corrected chi connectivity index (χ4v) is 5.18. The highest BCUT2D eigenvalue weighted by Crippen LogP contribution is 2.27. The third kappa shape index (κ3) is 9.86. The van der Waals surface area contributed by atoms with Crippen LogP contribution in [0.15, 0.2) is 35.3 Å². The maximum Gasteiger partial charge on any atom is 0.191 e. The van der Waals surface area contributed by atoms with Gasteiger partial charge in [-0.2, -0.15) is 11.8 Å². The Balaban J connectivity index is 0.00000341. The lowest BCUT2D eigenvalue weighted by atomic mass is 10.1. The van der Waals surface area contributed by atoms with Crippen molar-refractivity contribution < 1.29 is 9.84 Å². The van der Waals surface area contributed by atoms with Crippen LogP contribution in [0.25, 0.3) is 0 Å². The SMILES string of the molecule is CCNC(=NCC1(O)CCSC1)NCCCOC1CCN(Cc2ccccc2)CC1.I. The Bertz CT molecular complexity index is 636. The predicted molar refractivity (Wildman–Crippen MR) is 142 cm³/mol. The molecule has 2 aliphatic heterocycles. The molecule has 1 atom stereocenters. The number of nitrogens with one attached hydrogen (secondary N) is 2. The number of benzene rings is 1. The fourth-order valence-electron chi connectivity index (χ4n) is 3.89. The minimum atomic E-state index is -0.633. The van der Waals surface area contributed by atoms with Gasteiger partial charge >= 0.3 is 0 Å². The van der Waals surface area contributed by atoms with Gasteiger partial charge in [0.05, 0.1) is 18.2 Å². The van der Waals surface area contributed by atoms with Crippen LogP contribution in [-0.4, -0.2) is 78.5 Å². The maximum atomic E-state index is 10.5. The summed E-state index contributed by atoms with van der Waals surface area (Å²) in [6.07, 6.45) is 4.39. The van der Waals surface area contributed by atoms with E-state index < -0.39 is 5.60 Å². The van der Waals surface area contributed by atoms with Crippen molar-refractivity contribution in [1.29, 1.82) is 0 Å². The Morgan fingerprint density at radius 2 is 2.03 bits per heavy atom. The van der Waals surface area contributed by atoms with E-state index in [2.05, 4.69) is 57.8 Å². The zero-order valence-electron chi connectivity index (χ0n) is 18.7. The average Bonchev–Trinajstić information content (AvgIpc) is 3.20. The number of aliphatic hydroxyl groups is 1. The highest BCUT2D eigenvalue weighted by Gasteiger charge is 2.31. The van der Waals surface area contributed by atoms with Gasteiger partial charge < -0.3 is 20.5 Å². The van der Waals surface area contributed by atoms with Crippen LogP contribution in [0.5, 0.6) is 0 Å². The standard InChI is InChI=1S/C23H38N4O2S.HI/c1-2-24-22(26-18-23(28)11-16-30-19-23)25-12-6-15-29-21-9-13-27(14-10-21)17-20-7-4-3-5-8-20;/h3-5,7-8,21,28H,2,6,9-19H2,1H3,(H2,24,25,26);1H. The minimum Gasteiger partial charge on any atom is -0.387 e. The molecule has 2 heterocycles. The second kappa shape index (κ2) is 14.6. The molecule has 0 radical (unpaired) electrons. The summed E-state index contributed by atoms with van der Waals surface area (Å²) in [5.41, 5.74) is 0.755. The Morgan fingerprint density at radius 1 is 1.26 bits per heavy atom. The molecule has 0 spiro atoms. The Kier molecular flexibility index (Phi) is 12.5.